The Balaban J connectivity index is 1.82. The summed E-state index contributed by atoms with van der Waals surface area (Å²) in [5.41, 5.74) is 3.34. The summed E-state index contributed by atoms with van der Waals surface area (Å²) in [6.45, 7) is 6.76. The lowest BCUT2D eigenvalue weighted by atomic mass is 10.3. The maximum Gasteiger partial charge on any atom is 0.0762 e. The summed E-state index contributed by atoms with van der Waals surface area (Å²) >= 11 is 0. The number of hydrogen-bond donors (Lipinski definition) is 1. The zero-order valence-corrected chi connectivity index (χ0v) is 11.3. The van der Waals surface area contributed by atoms with Crippen molar-refractivity contribution in [3.8, 4) is 0 Å². The molecule has 98 valence electrons. The average molecular weight is 247 g/mol. The maximum atomic E-state index is 4.49. The maximum absolute atomic E-state index is 4.49. The summed E-state index contributed by atoms with van der Waals surface area (Å²) < 4.78 is 3.91. The van der Waals surface area contributed by atoms with E-state index in [-0.39, 0.29) is 0 Å². The Kier molecular flexibility index (Phi) is 4.15. The molecule has 2 aromatic heterocycles. The van der Waals surface area contributed by atoms with Crippen LogP contribution in [0.25, 0.3) is 0 Å². The molecule has 0 amide bonds. The lowest BCUT2D eigenvalue weighted by molar-refractivity contribution is 0.575. The van der Waals surface area contributed by atoms with E-state index in [1.807, 2.05) is 29.5 Å². The fourth-order valence-corrected chi connectivity index (χ4v) is 2.00. The number of nitrogens with one attached hydrogen (secondary N) is 1. The number of hydrogen-bond acceptors (Lipinski definition) is 3. The minimum absolute atomic E-state index is 0.793. The highest BCUT2D eigenvalue weighted by Crippen LogP contribution is 2.02. The van der Waals surface area contributed by atoms with Crippen LogP contribution in [0.4, 0.5) is 0 Å². The first-order valence-electron chi connectivity index (χ1n) is 6.41. The van der Waals surface area contributed by atoms with Gasteiger partial charge in [0.2, 0.25) is 0 Å². The first-order chi connectivity index (χ1) is 8.69. The first-order valence-corrected chi connectivity index (χ1v) is 6.41. The third kappa shape index (κ3) is 3.20. The quantitative estimate of drug-likeness (QED) is 0.844. The van der Waals surface area contributed by atoms with Gasteiger partial charge in [-0.05, 0) is 25.5 Å². The summed E-state index contributed by atoms with van der Waals surface area (Å²) in [5, 5.41) is 12.2. The van der Waals surface area contributed by atoms with Crippen LogP contribution in [-0.4, -0.2) is 19.6 Å². The molecule has 0 aliphatic carbocycles. The number of aromatic nitrogens is 4. The van der Waals surface area contributed by atoms with E-state index in [4.69, 9.17) is 0 Å². The van der Waals surface area contributed by atoms with E-state index in [1.165, 1.54) is 5.69 Å². The number of nitrogens with zero attached hydrogens (tertiary/aromatic N) is 4. The van der Waals surface area contributed by atoms with Crippen molar-refractivity contribution in [1.29, 1.82) is 0 Å². The summed E-state index contributed by atoms with van der Waals surface area (Å²) in [7, 11) is 1.97. The van der Waals surface area contributed by atoms with Crippen LogP contribution >= 0.6 is 0 Å². The Labute approximate surface area is 108 Å². The Morgan fingerprint density at radius 2 is 2.11 bits per heavy atom. The highest BCUT2D eigenvalue weighted by molar-refractivity contribution is 5.08. The van der Waals surface area contributed by atoms with Crippen LogP contribution in [0.1, 0.15) is 30.4 Å². The smallest absolute Gasteiger partial charge is 0.0762 e. The van der Waals surface area contributed by atoms with Gasteiger partial charge in [0.1, 0.15) is 0 Å². The fourth-order valence-electron chi connectivity index (χ4n) is 2.00. The van der Waals surface area contributed by atoms with Crippen molar-refractivity contribution in [1.82, 2.24) is 24.9 Å². The summed E-state index contributed by atoms with van der Waals surface area (Å²) in [6.07, 6.45) is 3.15. The van der Waals surface area contributed by atoms with Crippen LogP contribution in [0.2, 0.25) is 0 Å². The minimum Gasteiger partial charge on any atom is -0.305 e. The zero-order valence-electron chi connectivity index (χ0n) is 11.3. The summed E-state index contributed by atoms with van der Waals surface area (Å²) in [4.78, 5) is 0. The van der Waals surface area contributed by atoms with E-state index >= 15 is 0 Å². The van der Waals surface area contributed by atoms with Gasteiger partial charge in [-0.3, -0.25) is 9.36 Å². The van der Waals surface area contributed by atoms with Crippen molar-refractivity contribution in [3.05, 3.63) is 35.4 Å². The van der Waals surface area contributed by atoms with Crippen LogP contribution in [0.15, 0.2) is 18.3 Å². The molecular formula is C13H21N5. The number of rotatable bonds is 6. The van der Waals surface area contributed by atoms with Gasteiger partial charge >= 0.3 is 0 Å². The molecule has 0 fully saturated rings. The van der Waals surface area contributed by atoms with Crippen molar-refractivity contribution < 1.29 is 0 Å². The van der Waals surface area contributed by atoms with Crippen molar-refractivity contribution in [2.45, 2.75) is 39.9 Å². The molecule has 0 aliphatic rings. The van der Waals surface area contributed by atoms with Gasteiger partial charge in [-0.15, -0.1) is 0 Å². The molecule has 1 N–H and O–H groups in total. The van der Waals surface area contributed by atoms with Gasteiger partial charge in [-0.1, -0.05) is 6.92 Å². The largest absolute Gasteiger partial charge is 0.305 e. The van der Waals surface area contributed by atoms with Gasteiger partial charge in [0.25, 0.3) is 0 Å². The SMILES string of the molecule is CCCn1ccc(CNCc2cc(C)nn2C)n1. The molecule has 0 radical (unpaired) electrons. The Bertz CT molecular complexity index is 497. The molecule has 0 atom stereocenters. The second-order valence-electron chi connectivity index (χ2n) is 4.57. The van der Waals surface area contributed by atoms with Gasteiger partial charge in [0, 0.05) is 32.9 Å². The summed E-state index contributed by atoms with van der Waals surface area (Å²) in [6, 6.07) is 4.17. The molecule has 2 rings (SSSR count). The second-order valence-corrected chi connectivity index (χ2v) is 4.57. The fraction of sp³-hybridized carbons (Fsp3) is 0.538. The van der Waals surface area contributed by atoms with Crippen molar-refractivity contribution >= 4 is 0 Å². The molecule has 0 saturated carbocycles. The second kappa shape index (κ2) is 5.82. The van der Waals surface area contributed by atoms with E-state index in [1.54, 1.807) is 0 Å². The van der Waals surface area contributed by atoms with Gasteiger partial charge in [-0.2, -0.15) is 10.2 Å². The third-order valence-electron chi connectivity index (χ3n) is 2.86. The molecule has 0 bridgehead atoms. The molecule has 5 nitrogen and oxygen atoms in total. The van der Waals surface area contributed by atoms with Crippen LogP contribution in [0.3, 0.4) is 0 Å². The van der Waals surface area contributed by atoms with E-state index in [0.717, 1.165) is 37.4 Å². The Morgan fingerprint density at radius 1 is 1.28 bits per heavy atom. The summed E-state index contributed by atoms with van der Waals surface area (Å²) in [5.74, 6) is 0. The predicted octanol–water partition coefficient (Wildman–Crippen LogP) is 1.62. The molecule has 0 saturated heterocycles. The Morgan fingerprint density at radius 3 is 2.78 bits per heavy atom. The van der Waals surface area contributed by atoms with E-state index in [9.17, 15) is 0 Å². The molecule has 0 unspecified atom stereocenters. The Hall–Kier alpha value is -1.62. The highest BCUT2D eigenvalue weighted by atomic mass is 15.3. The molecule has 18 heavy (non-hydrogen) atoms. The predicted molar refractivity (Wildman–Crippen MR) is 71.0 cm³/mol. The van der Waals surface area contributed by atoms with E-state index in [2.05, 4.69) is 34.6 Å². The average Bonchev–Trinajstić information content (AvgIpc) is 2.87. The standard InChI is InChI=1S/C13H21N5/c1-4-6-18-7-5-12(16-18)9-14-10-13-8-11(2)15-17(13)3/h5,7-8,14H,4,6,9-10H2,1-3H3. The topological polar surface area (TPSA) is 47.7 Å². The lowest BCUT2D eigenvalue weighted by Crippen LogP contribution is -2.15. The van der Waals surface area contributed by atoms with Gasteiger partial charge in [0.05, 0.1) is 17.1 Å². The van der Waals surface area contributed by atoms with Crippen molar-refractivity contribution in [3.63, 3.8) is 0 Å². The first kappa shape index (κ1) is 12.8. The molecule has 0 aliphatic heterocycles. The molecule has 2 aromatic rings. The minimum atomic E-state index is 0.793. The van der Waals surface area contributed by atoms with Crippen LogP contribution in [0, 0.1) is 6.92 Å². The molecular weight excluding hydrogens is 226 g/mol. The normalized spacial score (nSPS) is 11.1. The monoisotopic (exact) mass is 247 g/mol. The molecule has 0 aromatic carbocycles. The zero-order chi connectivity index (χ0) is 13.0. The van der Waals surface area contributed by atoms with E-state index < -0.39 is 0 Å². The van der Waals surface area contributed by atoms with Crippen molar-refractivity contribution in [2.75, 3.05) is 0 Å². The van der Waals surface area contributed by atoms with Gasteiger partial charge in [-0.25, -0.2) is 0 Å². The highest BCUT2D eigenvalue weighted by Gasteiger charge is 2.02. The van der Waals surface area contributed by atoms with Crippen LogP contribution in [-0.2, 0) is 26.7 Å². The van der Waals surface area contributed by atoms with E-state index in [0.29, 0.717) is 0 Å². The molecule has 0 spiro atoms. The van der Waals surface area contributed by atoms with Crippen molar-refractivity contribution in [2.24, 2.45) is 7.05 Å². The van der Waals surface area contributed by atoms with Crippen LogP contribution < -0.4 is 5.32 Å². The molecule has 2 heterocycles. The number of aryl methyl sites for hydroxylation is 3. The van der Waals surface area contributed by atoms with Crippen LogP contribution in [0.5, 0.6) is 0 Å². The third-order valence-corrected chi connectivity index (χ3v) is 2.86. The van der Waals surface area contributed by atoms with Gasteiger partial charge < -0.3 is 5.32 Å². The van der Waals surface area contributed by atoms with Gasteiger partial charge in [0.15, 0.2) is 0 Å². The lowest BCUT2D eigenvalue weighted by Gasteiger charge is -2.03. The molecule has 5 heteroatoms.